The van der Waals surface area contributed by atoms with Crippen molar-refractivity contribution in [2.24, 2.45) is 10.2 Å². The molecule has 0 radical (unpaired) electrons. The number of fused-ring (bicyclic) bond motifs is 1. The minimum atomic E-state index is 0.0917. The van der Waals surface area contributed by atoms with Crippen LogP contribution >= 0.6 is 11.3 Å². The second kappa shape index (κ2) is 6.92. The number of rotatable bonds is 5. The van der Waals surface area contributed by atoms with Crippen molar-refractivity contribution in [3.63, 3.8) is 0 Å². The molecular weight excluding hydrogens is 324 g/mol. The number of nitrogens with zero attached hydrogens (tertiary/aromatic N) is 4. The van der Waals surface area contributed by atoms with Crippen LogP contribution in [0.2, 0.25) is 0 Å². The highest BCUT2D eigenvalue weighted by atomic mass is 32.1. The normalized spacial score (nSPS) is 11.7. The Hall–Kier alpha value is -2.54. The molecule has 1 N–H and O–H groups in total. The largest absolute Gasteiger partial charge is 0.504 e. The zero-order chi connectivity index (χ0) is 17.1. The van der Waals surface area contributed by atoms with Crippen LogP contribution in [0.1, 0.15) is 30.2 Å². The molecule has 3 rings (SSSR count). The Balaban J connectivity index is 1.81. The summed E-state index contributed by atoms with van der Waals surface area (Å²) in [5, 5.41) is 19.2. The average molecular weight is 342 g/mol. The molecule has 6 nitrogen and oxygen atoms in total. The lowest BCUT2D eigenvalue weighted by Crippen LogP contribution is -1.86. The molecule has 24 heavy (non-hydrogen) atoms. The maximum atomic E-state index is 9.79. The van der Waals surface area contributed by atoms with Crippen molar-refractivity contribution in [3.05, 3.63) is 41.0 Å². The van der Waals surface area contributed by atoms with Crippen LogP contribution in [0.4, 0.5) is 5.82 Å². The van der Waals surface area contributed by atoms with Gasteiger partial charge in [0.15, 0.2) is 17.3 Å². The first-order valence-corrected chi connectivity index (χ1v) is 8.38. The van der Waals surface area contributed by atoms with E-state index < -0.39 is 0 Å². The zero-order valence-corrected chi connectivity index (χ0v) is 14.5. The number of aromatic hydroxyl groups is 1. The van der Waals surface area contributed by atoms with Crippen LogP contribution in [-0.4, -0.2) is 22.2 Å². The van der Waals surface area contributed by atoms with E-state index in [0.29, 0.717) is 24.0 Å². The molecule has 0 unspecified atom stereocenters. The number of hydrogen-bond donors (Lipinski definition) is 1. The summed E-state index contributed by atoms with van der Waals surface area (Å²) in [5.74, 6) is 1.54. The SMILES string of the molecule is COc1ccc(CN=Nc2ncnc3sc(C(C)C)cc23)cc1O. The van der Waals surface area contributed by atoms with E-state index in [2.05, 4.69) is 40.1 Å². The Morgan fingerprint density at radius 1 is 1.25 bits per heavy atom. The molecule has 124 valence electrons. The van der Waals surface area contributed by atoms with E-state index in [0.717, 1.165) is 15.8 Å². The molecule has 0 aliphatic carbocycles. The molecule has 0 spiro atoms. The first kappa shape index (κ1) is 16.3. The van der Waals surface area contributed by atoms with Gasteiger partial charge in [0.25, 0.3) is 0 Å². The van der Waals surface area contributed by atoms with Crippen molar-refractivity contribution in [1.82, 2.24) is 9.97 Å². The number of aromatic nitrogens is 2. The topological polar surface area (TPSA) is 80.0 Å². The molecule has 3 aromatic rings. The van der Waals surface area contributed by atoms with Gasteiger partial charge in [-0.15, -0.1) is 16.5 Å². The predicted molar refractivity (Wildman–Crippen MR) is 94.4 cm³/mol. The maximum absolute atomic E-state index is 9.79. The Labute approximate surface area is 143 Å². The summed E-state index contributed by atoms with van der Waals surface area (Å²) in [4.78, 5) is 10.7. The second-order valence-corrected chi connectivity index (χ2v) is 6.69. The van der Waals surface area contributed by atoms with Crippen LogP contribution in [0, 0.1) is 0 Å². The molecule has 0 saturated heterocycles. The van der Waals surface area contributed by atoms with Gasteiger partial charge in [-0.2, -0.15) is 5.11 Å². The van der Waals surface area contributed by atoms with Crippen molar-refractivity contribution >= 4 is 27.4 Å². The van der Waals surface area contributed by atoms with Crippen molar-refractivity contribution in [2.45, 2.75) is 26.3 Å². The predicted octanol–water partition coefficient (Wildman–Crippen LogP) is 4.81. The zero-order valence-electron chi connectivity index (χ0n) is 13.7. The summed E-state index contributed by atoms with van der Waals surface area (Å²) in [7, 11) is 1.51. The average Bonchev–Trinajstić information content (AvgIpc) is 3.00. The Kier molecular flexibility index (Phi) is 4.71. The van der Waals surface area contributed by atoms with Crippen LogP contribution in [0.15, 0.2) is 40.8 Å². The lowest BCUT2D eigenvalue weighted by atomic mass is 10.2. The summed E-state index contributed by atoms with van der Waals surface area (Å²) < 4.78 is 5.02. The van der Waals surface area contributed by atoms with E-state index in [1.165, 1.54) is 18.3 Å². The standard InChI is InChI=1S/C17H18N4O2S/c1-10(2)15-7-12-16(18-9-19-17(12)24-15)21-20-8-11-4-5-14(23-3)13(22)6-11/h4-7,9-10,22H,8H2,1-3H3. The third-order valence-electron chi connectivity index (χ3n) is 3.56. The van der Waals surface area contributed by atoms with Crippen LogP contribution in [0.5, 0.6) is 11.5 Å². The highest BCUT2D eigenvalue weighted by Crippen LogP contribution is 2.33. The molecule has 0 atom stereocenters. The minimum Gasteiger partial charge on any atom is -0.504 e. The van der Waals surface area contributed by atoms with Crippen molar-refractivity contribution in [1.29, 1.82) is 0 Å². The van der Waals surface area contributed by atoms with E-state index in [-0.39, 0.29) is 5.75 Å². The van der Waals surface area contributed by atoms with Gasteiger partial charge in [0.05, 0.1) is 19.0 Å². The highest BCUT2D eigenvalue weighted by molar-refractivity contribution is 7.18. The molecule has 0 fully saturated rings. The fourth-order valence-electron chi connectivity index (χ4n) is 2.24. The molecule has 0 saturated carbocycles. The third-order valence-corrected chi connectivity index (χ3v) is 4.90. The molecule has 0 aliphatic heterocycles. The van der Waals surface area contributed by atoms with Crippen molar-refractivity contribution in [3.8, 4) is 11.5 Å². The molecule has 2 aromatic heterocycles. The van der Waals surface area contributed by atoms with E-state index >= 15 is 0 Å². The van der Waals surface area contributed by atoms with Crippen molar-refractivity contribution in [2.75, 3.05) is 7.11 Å². The highest BCUT2D eigenvalue weighted by Gasteiger charge is 2.10. The molecule has 0 bridgehead atoms. The number of benzene rings is 1. The van der Waals surface area contributed by atoms with Gasteiger partial charge < -0.3 is 9.84 Å². The maximum Gasteiger partial charge on any atom is 0.185 e. The van der Waals surface area contributed by atoms with Gasteiger partial charge in [-0.05, 0) is 29.7 Å². The van der Waals surface area contributed by atoms with E-state index in [1.54, 1.807) is 23.5 Å². The number of phenolic OH excluding ortho intramolecular Hbond substituents is 1. The smallest absolute Gasteiger partial charge is 0.185 e. The Morgan fingerprint density at radius 2 is 2.08 bits per heavy atom. The second-order valence-electron chi connectivity index (χ2n) is 5.63. The Morgan fingerprint density at radius 3 is 2.79 bits per heavy atom. The molecule has 7 heteroatoms. The monoisotopic (exact) mass is 342 g/mol. The number of phenols is 1. The third kappa shape index (κ3) is 3.35. The summed E-state index contributed by atoms with van der Waals surface area (Å²) in [5.41, 5.74) is 0.843. The van der Waals surface area contributed by atoms with E-state index in [4.69, 9.17) is 4.74 Å². The van der Waals surface area contributed by atoms with Crippen LogP contribution in [-0.2, 0) is 6.54 Å². The van der Waals surface area contributed by atoms with Gasteiger partial charge in [0.2, 0.25) is 0 Å². The van der Waals surface area contributed by atoms with Gasteiger partial charge >= 0.3 is 0 Å². The summed E-state index contributed by atoms with van der Waals surface area (Å²) in [6.07, 6.45) is 1.51. The minimum absolute atomic E-state index is 0.0917. The molecule has 0 aliphatic rings. The fourth-order valence-corrected chi connectivity index (χ4v) is 3.24. The van der Waals surface area contributed by atoms with Crippen LogP contribution in [0.25, 0.3) is 10.2 Å². The number of hydrogen-bond acceptors (Lipinski definition) is 7. The molecule has 1 aromatic carbocycles. The lowest BCUT2D eigenvalue weighted by molar-refractivity contribution is 0.373. The number of azo groups is 1. The molecule has 2 heterocycles. The van der Waals surface area contributed by atoms with Gasteiger partial charge in [0, 0.05) is 4.88 Å². The van der Waals surface area contributed by atoms with Gasteiger partial charge in [-0.1, -0.05) is 19.9 Å². The molecular formula is C17H18N4O2S. The summed E-state index contributed by atoms with van der Waals surface area (Å²) >= 11 is 1.66. The quantitative estimate of drug-likeness (QED) is 0.675. The fraction of sp³-hybridized carbons (Fsp3) is 0.294. The first-order valence-electron chi connectivity index (χ1n) is 7.56. The van der Waals surface area contributed by atoms with Crippen LogP contribution in [0.3, 0.4) is 0 Å². The van der Waals surface area contributed by atoms with Gasteiger partial charge in [0.1, 0.15) is 11.2 Å². The van der Waals surface area contributed by atoms with Gasteiger partial charge in [-0.3, -0.25) is 0 Å². The Bertz CT molecular complexity index is 889. The number of ether oxygens (including phenoxy) is 1. The first-order chi connectivity index (χ1) is 11.6. The van der Waals surface area contributed by atoms with E-state index in [9.17, 15) is 5.11 Å². The van der Waals surface area contributed by atoms with Crippen molar-refractivity contribution < 1.29 is 9.84 Å². The van der Waals surface area contributed by atoms with Crippen LogP contribution < -0.4 is 4.74 Å². The number of methoxy groups -OCH3 is 1. The lowest BCUT2D eigenvalue weighted by Gasteiger charge is -2.03. The number of thiophene rings is 1. The summed E-state index contributed by atoms with van der Waals surface area (Å²) in [6.45, 7) is 4.65. The van der Waals surface area contributed by atoms with Gasteiger partial charge in [-0.25, -0.2) is 9.97 Å². The summed E-state index contributed by atoms with van der Waals surface area (Å²) in [6, 6.07) is 7.25. The molecule has 0 amide bonds. The van der Waals surface area contributed by atoms with E-state index in [1.807, 2.05) is 6.07 Å².